The zero-order valence-corrected chi connectivity index (χ0v) is 22.9. The van der Waals surface area contributed by atoms with E-state index in [1.165, 1.54) is 25.2 Å². The lowest BCUT2D eigenvalue weighted by atomic mass is 9.56. The number of likely N-dealkylation sites (tertiary alicyclic amines) is 1. The molecule has 2 aliphatic heterocycles. The SMILES string of the molecule is CN1C(=O)[C@]2(Cl)C[C@@H]3C(=CC[C@@H]4C(=O)N(c5ccc(Cl)cc5)C(=O)[C@@H]43)[C@H](c3cc(Cl)ccc3O)[C@]2(Cl)C1=O. The number of imide groups is 2. The smallest absolute Gasteiger partial charge is 0.253 e. The number of phenolic OH excluding ortho intramolecular Hbond substituents is 1. The summed E-state index contributed by atoms with van der Waals surface area (Å²) in [6.45, 7) is 0. The third kappa shape index (κ3) is 3.16. The lowest BCUT2D eigenvalue weighted by Gasteiger charge is -2.50. The van der Waals surface area contributed by atoms with Gasteiger partial charge in [0.2, 0.25) is 11.8 Å². The van der Waals surface area contributed by atoms with Gasteiger partial charge in [-0.2, -0.15) is 0 Å². The molecule has 0 aromatic heterocycles. The summed E-state index contributed by atoms with van der Waals surface area (Å²) in [4.78, 5) is 52.5. The molecule has 2 aromatic carbocycles. The Morgan fingerprint density at radius 3 is 2.24 bits per heavy atom. The number of alkyl halides is 2. The minimum Gasteiger partial charge on any atom is -0.508 e. The van der Waals surface area contributed by atoms with Crippen LogP contribution in [0.5, 0.6) is 5.75 Å². The number of allylic oxidation sites excluding steroid dienone is 2. The second-order valence-corrected chi connectivity index (χ2v) is 12.3. The Morgan fingerprint density at radius 2 is 1.55 bits per heavy atom. The molecule has 3 fully saturated rings. The van der Waals surface area contributed by atoms with Crippen LogP contribution in [0.1, 0.15) is 24.3 Å². The molecule has 2 saturated heterocycles. The van der Waals surface area contributed by atoms with E-state index in [-0.39, 0.29) is 35.1 Å². The predicted molar refractivity (Wildman–Crippen MR) is 143 cm³/mol. The Balaban J connectivity index is 1.53. The van der Waals surface area contributed by atoms with Gasteiger partial charge in [-0.3, -0.25) is 29.0 Å². The second-order valence-electron chi connectivity index (χ2n) is 10.2. The number of aromatic hydroxyl groups is 1. The average molecular weight is 594 g/mol. The Hall–Kier alpha value is -2.58. The molecule has 1 N–H and O–H groups in total. The number of benzene rings is 2. The lowest BCUT2D eigenvalue weighted by molar-refractivity contribution is -0.138. The van der Waals surface area contributed by atoms with Crippen molar-refractivity contribution >= 4 is 75.7 Å². The highest BCUT2D eigenvalue weighted by Gasteiger charge is 2.76. The maximum atomic E-state index is 13.9. The summed E-state index contributed by atoms with van der Waals surface area (Å²) in [5.41, 5.74) is 1.18. The fraction of sp³-hybridized carbons (Fsp3) is 0.333. The van der Waals surface area contributed by atoms with Crippen molar-refractivity contribution in [2.75, 3.05) is 11.9 Å². The summed E-state index contributed by atoms with van der Waals surface area (Å²) in [7, 11) is 1.31. The van der Waals surface area contributed by atoms with Gasteiger partial charge in [0.25, 0.3) is 11.8 Å². The fourth-order valence-electron chi connectivity index (χ4n) is 6.69. The maximum absolute atomic E-state index is 13.9. The number of amides is 4. The van der Waals surface area contributed by atoms with Gasteiger partial charge in [0.1, 0.15) is 5.75 Å². The Labute approximate surface area is 237 Å². The van der Waals surface area contributed by atoms with E-state index in [1.54, 1.807) is 30.3 Å². The van der Waals surface area contributed by atoms with Gasteiger partial charge in [0.15, 0.2) is 9.75 Å². The summed E-state index contributed by atoms with van der Waals surface area (Å²) in [5, 5.41) is 11.6. The van der Waals surface area contributed by atoms with Gasteiger partial charge in [0.05, 0.1) is 17.5 Å². The van der Waals surface area contributed by atoms with Gasteiger partial charge in [-0.1, -0.05) is 34.9 Å². The van der Waals surface area contributed by atoms with Crippen LogP contribution in [0.25, 0.3) is 0 Å². The average Bonchev–Trinajstić information content (AvgIpc) is 3.21. The Kier molecular flexibility index (Phi) is 5.72. The maximum Gasteiger partial charge on any atom is 0.253 e. The third-order valence-electron chi connectivity index (χ3n) is 8.40. The number of halogens is 4. The molecule has 38 heavy (non-hydrogen) atoms. The van der Waals surface area contributed by atoms with Gasteiger partial charge >= 0.3 is 0 Å². The molecule has 2 aromatic rings. The molecule has 4 amide bonds. The zero-order valence-electron chi connectivity index (χ0n) is 19.8. The summed E-state index contributed by atoms with van der Waals surface area (Å²) >= 11 is 26.5. The highest BCUT2D eigenvalue weighted by molar-refractivity contribution is 6.53. The summed E-state index contributed by atoms with van der Waals surface area (Å²) < 4.78 is 0. The molecular weight excluding hydrogens is 574 g/mol. The van der Waals surface area contributed by atoms with Crippen LogP contribution < -0.4 is 4.90 Å². The van der Waals surface area contributed by atoms with Crippen LogP contribution in [0, 0.1) is 17.8 Å². The van der Waals surface area contributed by atoms with Crippen molar-refractivity contribution < 1.29 is 24.3 Å². The Bertz CT molecular complexity index is 1480. The molecule has 11 heteroatoms. The first-order valence-corrected chi connectivity index (χ1v) is 13.4. The molecule has 0 radical (unpaired) electrons. The van der Waals surface area contributed by atoms with Crippen molar-refractivity contribution in [1.82, 2.24) is 4.90 Å². The molecule has 6 atom stereocenters. The number of phenols is 1. The van der Waals surface area contributed by atoms with Gasteiger partial charge in [0, 0.05) is 28.6 Å². The number of hydrogen-bond donors (Lipinski definition) is 1. The molecule has 6 rings (SSSR count). The van der Waals surface area contributed by atoms with Crippen molar-refractivity contribution in [2.24, 2.45) is 17.8 Å². The molecule has 196 valence electrons. The van der Waals surface area contributed by atoms with Crippen molar-refractivity contribution in [3.8, 4) is 5.75 Å². The van der Waals surface area contributed by atoms with Crippen molar-refractivity contribution in [2.45, 2.75) is 28.5 Å². The normalized spacial score (nSPS) is 34.3. The minimum absolute atomic E-state index is 0.134. The standard InChI is InChI=1S/C27H20Cl4N2O5/c1-32-24(37)26(30)11-18-15(21(27(26,31)25(32)38)17-10-13(29)4-9-19(17)34)7-8-16-20(18)23(36)33(22(16)35)14-5-2-12(28)3-6-14/h2-7,9-10,16,18,20-21,34H,8,11H2,1H3/t16-,18+,20-,21+,26+,27-/m0/s1. The van der Waals surface area contributed by atoms with E-state index in [1.807, 2.05) is 0 Å². The first-order valence-electron chi connectivity index (χ1n) is 11.9. The first kappa shape index (κ1) is 25.7. The number of anilines is 1. The lowest BCUT2D eigenvalue weighted by Crippen LogP contribution is -2.60. The molecule has 2 aliphatic carbocycles. The molecule has 7 nitrogen and oxygen atoms in total. The van der Waals surface area contributed by atoms with Crippen LogP contribution in [0.2, 0.25) is 10.0 Å². The van der Waals surface area contributed by atoms with Gasteiger partial charge in [-0.15, -0.1) is 23.2 Å². The van der Waals surface area contributed by atoms with Crippen LogP contribution in [0.4, 0.5) is 5.69 Å². The van der Waals surface area contributed by atoms with Crippen LogP contribution >= 0.6 is 46.4 Å². The predicted octanol–water partition coefficient (Wildman–Crippen LogP) is 4.89. The number of nitrogens with zero attached hydrogens (tertiary/aromatic N) is 2. The molecule has 0 bridgehead atoms. The monoisotopic (exact) mass is 592 g/mol. The van der Waals surface area contributed by atoms with Gasteiger partial charge in [-0.05, 0) is 61.2 Å². The third-order valence-corrected chi connectivity index (χ3v) is 10.3. The molecule has 2 heterocycles. The van der Waals surface area contributed by atoms with Crippen molar-refractivity contribution in [3.63, 3.8) is 0 Å². The number of carbonyl (C=O) groups is 4. The molecule has 1 saturated carbocycles. The number of rotatable bonds is 2. The highest BCUT2D eigenvalue weighted by Crippen LogP contribution is 2.66. The topological polar surface area (TPSA) is 95.0 Å². The van der Waals surface area contributed by atoms with Crippen LogP contribution in [-0.4, -0.2) is 50.4 Å². The van der Waals surface area contributed by atoms with E-state index in [0.29, 0.717) is 16.3 Å². The quantitative estimate of drug-likeness (QED) is 0.304. The largest absolute Gasteiger partial charge is 0.508 e. The van der Waals surface area contributed by atoms with Crippen molar-refractivity contribution in [3.05, 3.63) is 69.7 Å². The number of hydrogen-bond acceptors (Lipinski definition) is 5. The fourth-order valence-corrected chi connectivity index (χ4v) is 8.01. The van der Waals surface area contributed by atoms with E-state index in [0.717, 1.165) is 9.80 Å². The van der Waals surface area contributed by atoms with E-state index < -0.39 is 51.1 Å². The summed E-state index contributed by atoms with van der Waals surface area (Å²) in [5.74, 6) is -5.68. The summed E-state index contributed by atoms with van der Waals surface area (Å²) in [6.07, 6.45) is 1.87. The van der Waals surface area contributed by atoms with Crippen LogP contribution in [-0.2, 0) is 19.2 Å². The highest BCUT2D eigenvalue weighted by atomic mass is 35.5. The molecule has 4 aliphatic rings. The second kappa shape index (κ2) is 8.46. The van der Waals surface area contributed by atoms with Crippen molar-refractivity contribution in [1.29, 1.82) is 0 Å². The van der Waals surface area contributed by atoms with E-state index in [2.05, 4.69) is 0 Å². The van der Waals surface area contributed by atoms with E-state index >= 15 is 0 Å². The minimum atomic E-state index is -1.99. The van der Waals surface area contributed by atoms with Crippen LogP contribution in [0.3, 0.4) is 0 Å². The molecule has 0 unspecified atom stereocenters. The van der Waals surface area contributed by atoms with E-state index in [4.69, 9.17) is 46.4 Å². The number of carbonyl (C=O) groups excluding carboxylic acids is 4. The summed E-state index contributed by atoms with van der Waals surface area (Å²) in [6, 6.07) is 10.7. The molecule has 0 spiro atoms. The van der Waals surface area contributed by atoms with Gasteiger partial charge < -0.3 is 5.11 Å². The zero-order chi connectivity index (χ0) is 27.3. The Morgan fingerprint density at radius 1 is 0.895 bits per heavy atom. The van der Waals surface area contributed by atoms with Gasteiger partial charge in [-0.25, -0.2) is 0 Å². The van der Waals surface area contributed by atoms with Crippen LogP contribution in [0.15, 0.2) is 54.1 Å². The molecular formula is C27H20Cl4N2O5. The number of fused-ring (bicyclic) bond motifs is 4. The van der Waals surface area contributed by atoms with E-state index in [9.17, 15) is 24.3 Å². The first-order chi connectivity index (χ1) is 17.9.